The van der Waals surface area contributed by atoms with E-state index in [2.05, 4.69) is 10.6 Å². The number of phenols is 2. The Bertz CT molecular complexity index is 1220. The van der Waals surface area contributed by atoms with Gasteiger partial charge < -0.3 is 35.4 Å². The molecule has 0 fully saturated rings. The first-order valence-corrected chi connectivity index (χ1v) is 10.2. The number of hydrogen-bond acceptors (Lipinski definition) is 7. The molecule has 0 aliphatic carbocycles. The SMILES string of the molecule is O=C1OC2(c3ccc(O)cc3Oc3cc(O)ccc32)c2ccc(NC(=S)NCCO)cc21. The zero-order chi connectivity index (χ0) is 22.5. The Hall–Kier alpha value is -3.82. The number of carbonyl (C=O) groups is 1. The highest BCUT2D eigenvalue weighted by atomic mass is 32.1. The number of anilines is 1. The van der Waals surface area contributed by atoms with Gasteiger partial charge in [-0.05, 0) is 48.6 Å². The van der Waals surface area contributed by atoms with E-state index in [9.17, 15) is 15.0 Å². The van der Waals surface area contributed by atoms with Gasteiger partial charge in [0.15, 0.2) is 10.7 Å². The number of nitrogens with one attached hydrogen (secondary N) is 2. The third kappa shape index (κ3) is 3.02. The maximum Gasteiger partial charge on any atom is 0.340 e. The van der Waals surface area contributed by atoms with E-state index in [1.165, 1.54) is 24.3 Å². The lowest BCUT2D eigenvalue weighted by Crippen LogP contribution is -2.33. The summed E-state index contributed by atoms with van der Waals surface area (Å²) in [6, 6.07) is 14.4. The van der Waals surface area contributed by atoms with Gasteiger partial charge in [0.1, 0.15) is 23.0 Å². The van der Waals surface area contributed by atoms with Crippen LogP contribution < -0.4 is 15.4 Å². The van der Waals surface area contributed by atoms with Crippen LogP contribution in [0.2, 0.25) is 0 Å². The quantitative estimate of drug-likeness (QED) is 0.303. The van der Waals surface area contributed by atoms with Crippen LogP contribution in [-0.4, -0.2) is 39.6 Å². The maximum absolute atomic E-state index is 13.0. The summed E-state index contributed by atoms with van der Waals surface area (Å²) in [6.45, 7) is 0.238. The fourth-order valence-corrected chi connectivity index (χ4v) is 4.35. The molecule has 3 aromatic carbocycles. The van der Waals surface area contributed by atoms with Crippen molar-refractivity contribution in [1.82, 2.24) is 5.32 Å². The van der Waals surface area contributed by atoms with Crippen molar-refractivity contribution in [1.29, 1.82) is 0 Å². The number of esters is 1. The number of hydrogen-bond donors (Lipinski definition) is 5. The highest BCUT2D eigenvalue weighted by Gasteiger charge is 2.53. The summed E-state index contributed by atoms with van der Waals surface area (Å²) in [5.74, 6) is 0.101. The first-order chi connectivity index (χ1) is 15.4. The molecular weight excluding hydrogens is 432 g/mol. The average molecular weight is 450 g/mol. The summed E-state index contributed by atoms with van der Waals surface area (Å²) in [5, 5.41) is 35.0. The molecule has 1 spiro atoms. The predicted octanol–water partition coefficient (Wildman–Crippen LogP) is 2.94. The molecule has 0 bridgehead atoms. The number of benzene rings is 3. The first-order valence-electron chi connectivity index (χ1n) is 9.81. The van der Waals surface area contributed by atoms with E-state index < -0.39 is 11.6 Å². The van der Waals surface area contributed by atoms with E-state index in [1.54, 1.807) is 30.3 Å². The minimum absolute atomic E-state index is 0.00418. The van der Waals surface area contributed by atoms with Gasteiger partial charge in [0.2, 0.25) is 0 Å². The summed E-state index contributed by atoms with van der Waals surface area (Å²) >= 11 is 5.19. The Morgan fingerprint density at radius 2 is 1.56 bits per heavy atom. The van der Waals surface area contributed by atoms with Gasteiger partial charge in [0.25, 0.3) is 0 Å². The first kappa shape index (κ1) is 20.1. The van der Waals surface area contributed by atoms with Crippen LogP contribution in [0.15, 0.2) is 54.6 Å². The highest BCUT2D eigenvalue weighted by molar-refractivity contribution is 7.80. The van der Waals surface area contributed by atoms with Crippen molar-refractivity contribution in [3.63, 3.8) is 0 Å². The van der Waals surface area contributed by atoms with Crippen LogP contribution in [0.1, 0.15) is 27.0 Å². The second-order valence-electron chi connectivity index (χ2n) is 7.40. The third-order valence-corrected chi connectivity index (χ3v) is 5.68. The summed E-state index contributed by atoms with van der Waals surface area (Å²) in [6.07, 6.45) is 0. The van der Waals surface area contributed by atoms with E-state index in [0.29, 0.717) is 51.1 Å². The molecule has 0 saturated carbocycles. The molecule has 0 amide bonds. The van der Waals surface area contributed by atoms with Crippen LogP contribution in [0.4, 0.5) is 5.69 Å². The zero-order valence-corrected chi connectivity index (χ0v) is 17.4. The number of ether oxygens (including phenoxy) is 2. The molecule has 162 valence electrons. The molecule has 9 heteroatoms. The minimum Gasteiger partial charge on any atom is -0.508 e. The standard InChI is InChI=1S/C23H18N2O6S/c26-8-7-24-22(32)25-12-1-4-16-15(9-12)21(29)31-23(16)17-5-2-13(27)10-19(17)30-20-11-14(28)3-6-18(20)23/h1-6,9-11,26-28H,7-8H2,(H2,24,25,32). The van der Waals surface area contributed by atoms with Gasteiger partial charge >= 0.3 is 5.97 Å². The van der Waals surface area contributed by atoms with E-state index in [0.717, 1.165) is 0 Å². The van der Waals surface area contributed by atoms with Crippen molar-refractivity contribution in [2.45, 2.75) is 5.60 Å². The van der Waals surface area contributed by atoms with Crippen LogP contribution in [0.5, 0.6) is 23.0 Å². The molecule has 3 aromatic rings. The van der Waals surface area contributed by atoms with E-state index in [-0.39, 0.29) is 18.1 Å². The van der Waals surface area contributed by atoms with Crippen LogP contribution in [0, 0.1) is 0 Å². The van der Waals surface area contributed by atoms with Gasteiger partial charge in [0.05, 0.1) is 12.2 Å². The van der Waals surface area contributed by atoms with Crippen molar-refractivity contribution < 1.29 is 29.6 Å². The zero-order valence-electron chi connectivity index (χ0n) is 16.6. The molecule has 8 nitrogen and oxygen atoms in total. The van der Waals surface area contributed by atoms with Gasteiger partial charge in [-0.3, -0.25) is 0 Å². The molecule has 2 heterocycles. The Balaban J connectivity index is 1.66. The van der Waals surface area contributed by atoms with Gasteiger partial charge in [-0.15, -0.1) is 0 Å². The van der Waals surface area contributed by atoms with Crippen molar-refractivity contribution >= 4 is 29.0 Å². The maximum atomic E-state index is 13.0. The van der Waals surface area contributed by atoms with Crippen LogP contribution in [0.25, 0.3) is 0 Å². The summed E-state index contributed by atoms with van der Waals surface area (Å²) < 4.78 is 11.9. The lowest BCUT2D eigenvalue weighted by atomic mass is 9.77. The molecule has 0 unspecified atom stereocenters. The molecule has 5 N–H and O–H groups in total. The fraction of sp³-hybridized carbons (Fsp3) is 0.130. The summed E-state index contributed by atoms with van der Waals surface area (Å²) in [4.78, 5) is 13.0. The topological polar surface area (TPSA) is 120 Å². The molecule has 0 radical (unpaired) electrons. The number of aliphatic hydroxyl groups is 1. The molecule has 5 rings (SSSR count). The smallest absolute Gasteiger partial charge is 0.340 e. The molecular formula is C23H18N2O6S. The van der Waals surface area contributed by atoms with Crippen LogP contribution >= 0.6 is 12.2 Å². The molecule has 32 heavy (non-hydrogen) atoms. The average Bonchev–Trinajstić information content (AvgIpc) is 3.04. The molecule has 0 atom stereocenters. The van der Waals surface area contributed by atoms with Crippen molar-refractivity contribution in [2.75, 3.05) is 18.5 Å². The number of aliphatic hydroxyl groups excluding tert-OH is 1. The molecule has 0 saturated heterocycles. The second kappa shape index (κ2) is 7.40. The fourth-order valence-electron chi connectivity index (χ4n) is 4.13. The van der Waals surface area contributed by atoms with E-state index >= 15 is 0 Å². The van der Waals surface area contributed by atoms with Crippen molar-refractivity contribution in [3.05, 3.63) is 76.9 Å². The Labute approximate surface area is 188 Å². The number of thiocarbonyl (C=S) groups is 1. The third-order valence-electron chi connectivity index (χ3n) is 5.43. The highest BCUT2D eigenvalue weighted by Crippen LogP contribution is 2.57. The van der Waals surface area contributed by atoms with Gasteiger partial charge in [-0.1, -0.05) is 6.07 Å². The number of phenolic OH excluding ortho intramolecular Hbond substituents is 2. The molecule has 2 aliphatic heterocycles. The monoisotopic (exact) mass is 450 g/mol. The van der Waals surface area contributed by atoms with Crippen LogP contribution in [0.3, 0.4) is 0 Å². The van der Waals surface area contributed by atoms with Crippen LogP contribution in [-0.2, 0) is 10.3 Å². The number of fused-ring (bicyclic) bond motifs is 6. The number of carbonyl (C=O) groups excluding carboxylic acids is 1. The van der Waals surface area contributed by atoms with E-state index in [1.807, 2.05) is 0 Å². The lowest BCUT2D eigenvalue weighted by Gasteiger charge is -2.36. The Morgan fingerprint density at radius 3 is 2.19 bits per heavy atom. The van der Waals surface area contributed by atoms with E-state index in [4.69, 9.17) is 26.8 Å². The predicted molar refractivity (Wildman–Crippen MR) is 119 cm³/mol. The Morgan fingerprint density at radius 1 is 0.938 bits per heavy atom. The minimum atomic E-state index is -1.30. The number of aromatic hydroxyl groups is 2. The second-order valence-corrected chi connectivity index (χ2v) is 7.81. The largest absolute Gasteiger partial charge is 0.508 e. The lowest BCUT2D eigenvalue weighted by molar-refractivity contribution is 0.0224. The Kier molecular flexibility index (Phi) is 4.65. The molecule has 2 aliphatic rings. The van der Waals surface area contributed by atoms with Gasteiger partial charge in [-0.2, -0.15) is 0 Å². The summed E-state index contributed by atoms with van der Waals surface area (Å²) in [7, 11) is 0. The summed E-state index contributed by atoms with van der Waals surface area (Å²) in [5.41, 5.74) is 1.34. The molecule has 0 aromatic heterocycles. The van der Waals surface area contributed by atoms with Gasteiger partial charge in [-0.25, -0.2) is 4.79 Å². The number of rotatable bonds is 3. The van der Waals surface area contributed by atoms with Gasteiger partial charge in [0, 0.05) is 41.1 Å². The normalized spacial score (nSPS) is 14.6. The van der Waals surface area contributed by atoms with Crippen molar-refractivity contribution in [3.8, 4) is 23.0 Å². The van der Waals surface area contributed by atoms with Crippen molar-refractivity contribution in [2.24, 2.45) is 0 Å².